The maximum absolute atomic E-state index is 13.4. The molecule has 23 heteroatoms. The zero-order chi connectivity index (χ0) is 54.5. The van der Waals surface area contributed by atoms with Gasteiger partial charge >= 0.3 is 12.2 Å². The van der Waals surface area contributed by atoms with Gasteiger partial charge in [-0.05, 0) is 112 Å². The quantitative estimate of drug-likeness (QED) is 0.0816. The standard InChI is InChI=1S/C26H41N5O4Si.C16H21N5O3S.C10H20N2O2/c1-26(2,3)35-25(33)30-11-7-8-19(15-30)28-24(32)20-16-31(17-34-12-13-36(4,5)6)23-22(20)29-21(14-27-23)18-9-10-18;1-25(23,24)21-6-2-3-11(9-21)19-16(22)12-7-17-15-14(12)20-13(8-18-15)10-4-5-10;1-10(2,3)14-9(13)12-6-4-5-8(11)7-12/h14,16,18-19H,7-13,15,17H2,1-6H3,(H,28,32);7-8,10-11H,2-6,9H2,1H3,(H,17,18)(H,19,22);8H,4-7,11H2,1-3H3. The Kier molecular flexibility index (Phi) is 18.4. The molecule has 4 aromatic rings. The fourth-order valence-electron chi connectivity index (χ4n) is 9.08. The van der Waals surface area contributed by atoms with Crippen LogP contribution in [0, 0.1) is 0 Å². The van der Waals surface area contributed by atoms with Gasteiger partial charge in [-0.15, -0.1) is 0 Å². The molecular weight excluding hydrogens is 997 g/mol. The molecule has 4 amide bonds. The zero-order valence-corrected chi connectivity index (χ0v) is 47.7. The van der Waals surface area contributed by atoms with Crippen molar-refractivity contribution in [3.05, 3.63) is 47.3 Å². The molecule has 0 radical (unpaired) electrons. The highest BCUT2D eigenvalue weighted by atomic mass is 32.2. The van der Waals surface area contributed by atoms with Crippen LogP contribution in [0.2, 0.25) is 25.7 Å². The Labute approximate surface area is 443 Å². The van der Waals surface area contributed by atoms with Gasteiger partial charge in [0.1, 0.15) is 29.0 Å². The lowest BCUT2D eigenvalue weighted by atomic mass is 10.1. The number of aromatic amines is 1. The van der Waals surface area contributed by atoms with Gasteiger partial charge in [0.15, 0.2) is 11.3 Å². The zero-order valence-electron chi connectivity index (χ0n) is 45.9. The number of carbonyl (C=O) groups is 4. The lowest BCUT2D eigenvalue weighted by molar-refractivity contribution is 0.0182. The third-order valence-electron chi connectivity index (χ3n) is 13.4. The van der Waals surface area contributed by atoms with Gasteiger partial charge in [-0.2, -0.15) is 0 Å². The highest BCUT2D eigenvalue weighted by Crippen LogP contribution is 2.40. The number of amides is 4. The van der Waals surface area contributed by atoms with E-state index in [1.807, 2.05) is 52.3 Å². The van der Waals surface area contributed by atoms with E-state index in [-0.39, 0.29) is 42.1 Å². The molecule has 3 unspecified atom stereocenters. The van der Waals surface area contributed by atoms with Crippen LogP contribution < -0.4 is 16.4 Å². The molecule has 2 aliphatic carbocycles. The third-order valence-corrected chi connectivity index (χ3v) is 16.4. The molecule has 4 aromatic heterocycles. The summed E-state index contributed by atoms with van der Waals surface area (Å²) >= 11 is 0. The van der Waals surface area contributed by atoms with Crippen molar-refractivity contribution in [3.8, 4) is 0 Å². The molecule has 3 atom stereocenters. The minimum atomic E-state index is -3.24. The van der Waals surface area contributed by atoms with Gasteiger partial charge in [0.2, 0.25) is 10.0 Å². The number of hydrogen-bond donors (Lipinski definition) is 4. The van der Waals surface area contributed by atoms with Crippen molar-refractivity contribution in [3.63, 3.8) is 0 Å². The predicted molar refractivity (Wildman–Crippen MR) is 290 cm³/mol. The molecule has 21 nitrogen and oxygen atoms in total. The van der Waals surface area contributed by atoms with E-state index in [2.05, 4.69) is 50.2 Å². The largest absolute Gasteiger partial charge is 0.444 e. The average molecular weight is 1080 g/mol. The lowest BCUT2D eigenvalue weighted by Crippen LogP contribution is -2.50. The van der Waals surface area contributed by atoms with Crippen molar-refractivity contribution in [2.24, 2.45) is 5.73 Å². The number of piperidine rings is 3. The monoisotopic (exact) mass is 1080 g/mol. The molecule has 3 saturated heterocycles. The number of likely N-dealkylation sites (tertiary alicyclic amines) is 2. The molecule has 3 aliphatic heterocycles. The minimum absolute atomic E-state index is 0.108. The van der Waals surface area contributed by atoms with E-state index in [1.165, 1.54) is 10.6 Å². The first-order valence-electron chi connectivity index (χ1n) is 26.8. The number of nitrogens with two attached hydrogens (primary N) is 1. The van der Waals surface area contributed by atoms with Crippen molar-refractivity contribution in [1.82, 2.24) is 54.2 Å². The number of nitrogens with one attached hydrogen (secondary N) is 3. The Hall–Kier alpha value is -5.23. The summed E-state index contributed by atoms with van der Waals surface area (Å²) in [7, 11) is -4.43. The number of H-pyrrole nitrogens is 1. The van der Waals surface area contributed by atoms with Crippen LogP contribution in [0.15, 0.2) is 24.8 Å². The Balaban J connectivity index is 0.000000181. The Morgan fingerprint density at radius 3 is 1.83 bits per heavy atom. The molecule has 2 saturated carbocycles. The Bertz CT molecular complexity index is 2760. The molecule has 5 N–H and O–H groups in total. The molecule has 0 bridgehead atoms. The number of hydrogen-bond acceptors (Lipinski definition) is 14. The van der Waals surface area contributed by atoms with Crippen molar-refractivity contribution >= 4 is 64.4 Å². The number of nitrogens with zero attached hydrogens (tertiary/aromatic N) is 8. The predicted octanol–water partition coefficient (Wildman–Crippen LogP) is 7.08. The summed E-state index contributed by atoms with van der Waals surface area (Å²) in [5, 5.41) is 6.08. The van der Waals surface area contributed by atoms with Crippen LogP contribution in [0.3, 0.4) is 0 Å². The summed E-state index contributed by atoms with van der Waals surface area (Å²) in [5.74, 6) is 0.465. The maximum atomic E-state index is 13.4. The fraction of sp³-hybridized carbons (Fsp3) is 0.692. The first kappa shape index (κ1) is 57.5. The summed E-state index contributed by atoms with van der Waals surface area (Å²) in [6.45, 7) is 22.4. The Morgan fingerprint density at radius 1 is 0.733 bits per heavy atom. The molecule has 5 aliphatic rings. The number of rotatable bonds is 12. The van der Waals surface area contributed by atoms with E-state index in [4.69, 9.17) is 24.9 Å². The lowest BCUT2D eigenvalue weighted by Gasteiger charge is -2.34. The number of aromatic nitrogens is 6. The van der Waals surface area contributed by atoms with Crippen LogP contribution in [0.5, 0.6) is 0 Å². The van der Waals surface area contributed by atoms with Crippen LogP contribution in [0.4, 0.5) is 9.59 Å². The SMILES string of the molecule is CC(C)(C)OC(=O)N1CCCC(N)C1.CC(C)(C)OC(=O)N1CCCC(NC(=O)c2cn(COCC[Si](C)(C)C)c3ncc(C4CC4)nc23)C1.CS(=O)(=O)N1CCCC(NC(=O)c2c[nH]c3ncc(C4CC4)nc23)C1. The van der Waals surface area contributed by atoms with E-state index in [1.54, 1.807) is 28.4 Å². The minimum Gasteiger partial charge on any atom is -0.444 e. The van der Waals surface area contributed by atoms with E-state index in [9.17, 15) is 27.6 Å². The molecule has 9 rings (SSSR count). The molecule has 0 spiro atoms. The van der Waals surface area contributed by atoms with E-state index in [0.29, 0.717) is 91.4 Å². The van der Waals surface area contributed by atoms with Crippen LogP contribution in [0.1, 0.15) is 150 Å². The smallest absolute Gasteiger partial charge is 0.410 e. The van der Waals surface area contributed by atoms with Gasteiger partial charge < -0.3 is 49.9 Å². The summed E-state index contributed by atoms with van der Waals surface area (Å²) in [4.78, 5) is 75.1. The van der Waals surface area contributed by atoms with Gasteiger partial charge in [0.05, 0.1) is 41.2 Å². The fourth-order valence-corrected chi connectivity index (χ4v) is 10.7. The van der Waals surface area contributed by atoms with Gasteiger partial charge in [-0.1, -0.05) is 19.6 Å². The summed E-state index contributed by atoms with van der Waals surface area (Å²) in [6, 6.07) is 0.842. The summed E-state index contributed by atoms with van der Waals surface area (Å²) in [6.07, 6.45) is 17.2. The van der Waals surface area contributed by atoms with E-state index >= 15 is 0 Å². The van der Waals surface area contributed by atoms with Crippen molar-refractivity contribution in [1.29, 1.82) is 0 Å². The second-order valence-corrected chi connectivity index (χ2v) is 31.7. The first-order chi connectivity index (χ1) is 35.2. The summed E-state index contributed by atoms with van der Waals surface area (Å²) in [5.41, 5.74) is 10.1. The number of fused-ring (bicyclic) bond motifs is 2. The topological polar surface area (TPSA) is 262 Å². The normalized spacial score (nSPS) is 20.9. The van der Waals surface area contributed by atoms with E-state index < -0.39 is 29.3 Å². The highest BCUT2D eigenvalue weighted by Gasteiger charge is 2.33. The second kappa shape index (κ2) is 24.0. The first-order valence-corrected chi connectivity index (χ1v) is 32.3. The van der Waals surface area contributed by atoms with Crippen molar-refractivity contribution in [2.45, 2.75) is 179 Å². The van der Waals surface area contributed by atoms with Gasteiger partial charge in [-0.25, -0.2) is 42.2 Å². The molecule has 5 fully saturated rings. The Morgan fingerprint density at radius 2 is 1.27 bits per heavy atom. The molecular formula is C52H82N12O9SSi. The van der Waals surface area contributed by atoms with Crippen molar-refractivity contribution < 1.29 is 41.8 Å². The third kappa shape index (κ3) is 17.1. The van der Waals surface area contributed by atoms with Crippen LogP contribution in [-0.2, 0) is 31.0 Å². The van der Waals surface area contributed by atoms with Gasteiger partial charge in [-0.3, -0.25) is 9.59 Å². The molecule has 0 aromatic carbocycles. The summed E-state index contributed by atoms with van der Waals surface area (Å²) < 4.78 is 43.5. The molecule has 75 heavy (non-hydrogen) atoms. The highest BCUT2D eigenvalue weighted by molar-refractivity contribution is 7.88. The van der Waals surface area contributed by atoms with Gasteiger partial charge in [0, 0.05) is 96.3 Å². The van der Waals surface area contributed by atoms with E-state index in [0.717, 1.165) is 88.2 Å². The van der Waals surface area contributed by atoms with Crippen LogP contribution >= 0.6 is 0 Å². The average Bonchev–Trinajstić information content (AvgIpc) is 4.27. The second-order valence-electron chi connectivity index (χ2n) is 24.1. The van der Waals surface area contributed by atoms with Crippen molar-refractivity contribution in [2.75, 3.05) is 52.1 Å². The maximum Gasteiger partial charge on any atom is 0.410 e. The van der Waals surface area contributed by atoms with Gasteiger partial charge in [0.25, 0.3) is 11.8 Å². The number of ether oxygens (including phenoxy) is 3. The van der Waals surface area contributed by atoms with Crippen LogP contribution in [0.25, 0.3) is 22.3 Å². The number of sulfonamides is 1. The van der Waals surface area contributed by atoms with Crippen LogP contribution in [-0.4, -0.2) is 166 Å². The molecule has 7 heterocycles. The molecule has 414 valence electrons. The number of carbonyl (C=O) groups excluding carboxylic acids is 4.